The smallest absolute Gasteiger partial charge is 0.244 e. The van der Waals surface area contributed by atoms with Gasteiger partial charge in [-0.15, -0.1) is 0 Å². The Morgan fingerprint density at radius 1 is 1.29 bits per heavy atom. The van der Waals surface area contributed by atoms with Gasteiger partial charge >= 0.3 is 0 Å². The molecule has 0 aromatic heterocycles. The van der Waals surface area contributed by atoms with Gasteiger partial charge in [-0.3, -0.25) is 24.2 Å². The van der Waals surface area contributed by atoms with Crippen LogP contribution in [0.4, 0.5) is 11.4 Å². The normalized spacial score (nSPS) is 15.1. The Bertz CT molecular complexity index is 644. The van der Waals surface area contributed by atoms with Gasteiger partial charge in [-0.1, -0.05) is 12.1 Å². The second kappa shape index (κ2) is 7.44. The molecule has 7 heteroatoms. The molecule has 2 rings (SSSR count). The highest BCUT2D eigenvalue weighted by atomic mass is 16.2. The molecule has 1 aromatic rings. The first-order valence-electron chi connectivity index (χ1n) is 7.99. The minimum Gasteiger partial charge on any atom is -0.353 e. The zero-order valence-corrected chi connectivity index (χ0v) is 14.5. The van der Waals surface area contributed by atoms with Gasteiger partial charge in [-0.2, -0.15) is 0 Å². The van der Waals surface area contributed by atoms with E-state index < -0.39 is 6.04 Å². The van der Waals surface area contributed by atoms with Crippen molar-refractivity contribution in [1.82, 2.24) is 10.2 Å². The van der Waals surface area contributed by atoms with E-state index in [1.54, 1.807) is 37.1 Å². The number of rotatable bonds is 5. The summed E-state index contributed by atoms with van der Waals surface area (Å²) in [6.07, 6.45) is 0. The summed E-state index contributed by atoms with van der Waals surface area (Å²) in [5.41, 5.74) is 1.29. The average molecular weight is 332 g/mol. The number of carbonyl (C=O) groups is 3. The van der Waals surface area contributed by atoms with Gasteiger partial charge in [-0.05, 0) is 40.0 Å². The van der Waals surface area contributed by atoms with Crippen LogP contribution in [-0.2, 0) is 14.4 Å². The molecule has 130 valence electrons. The molecule has 3 amide bonds. The van der Waals surface area contributed by atoms with E-state index >= 15 is 0 Å². The van der Waals surface area contributed by atoms with Gasteiger partial charge in [-0.25, -0.2) is 0 Å². The van der Waals surface area contributed by atoms with Crippen LogP contribution >= 0.6 is 0 Å². The summed E-state index contributed by atoms with van der Waals surface area (Å²) in [5.74, 6) is -0.574. The van der Waals surface area contributed by atoms with E-state index in [4.69, 9.17) is 0 Å². The number of hydrogen-bond acceptors (Lipinski definition) is 4. The number of para-hydroxylation sites is 2. The maximum atomic E-state index is 12.8. The average Bonchev–Trinajstić information content (AvgIpc) is 2.51. The summed E-state index contributed by atoms with van der Waals surface area (Å²) >= 11 is 0. The van der Waals surface area contributed by atoms with Gasteiger partial charge in [0.15, 0.2) is 0 Å². The van der Waals surface area contributed by atoms with Crippen LogP contribution in [0.2, 0.25) is 0 Å². The quantitative estimate of drug-likeness (QED) is 0.836. The van der Waals surface area contributed by atoms with Crippen molar-refractivity contribution in [2.24, 2.45) is 0 Å². The third-order valence-electron chi connectivity index (χ3n) is 3.90. The lowest BCUT2D eigenvalue weighted by molar-refractivity contribution is -0.127. The molecule has 2 N–H and O–H groups in total. The van der Waals surface area contributed by atoms with Crippen molar-refractivity contribution in [1.29, 1.82) is 0 Å². The maximum Gasteiger partial charge on any atom is 0.244 e. The van der Waals surface area contributed by atoms with Crippen molar-refractivity contribution in [3.05, 3.63) is 24.3 Å². The lowest BCUT2D eigenvalue weighted by Crippen LogP contribution is -2.52. The third kappa shape index (κ3) is 4.11. The van der Waals surface area contributed by atoms with Crippen LogP contribution in [0.1, 0.15) is 20.8 Å². The van der Waals surface area contributed by atoms with Crippen LogP contribution in [0.25, 0.3) is 0 Å². The molecule has 7 nitrogen and oxygen atoms in total. The Balaban J connectivity index is 2.10. The van der Waals surface area contributed by atoms with Crippen molar-refractivity contribution in [2.45, 2.75) is 32.9 Å². The van der Waals surface area contributed by atoms with E-state index in [1.165, 1.54) is 4.90 Å². The number of benzene rings is 1. The fourth-order valence-corrected chi connectivity index (χ4v) is 2.57. The molecule has 1 heterocycles. The van der Waals surface area contributed by atoms with Crippen molar-refractivity contribution < 1.29 is 14.4 Å². The number of carbonyl (C=O) groups excluding carboxylic acids is 3. The first kappa shape index (κ1) is 17.9. The molecule has 0 saturated carbocycles. The van der Waals surface area contributed by atoms with Crippen LogP contribution < -0.4 is 15.5 Å². The summed E-state index contributed by atoms with van der Waals surface area (Å²) in [6, 6.07) is 6.71. The topological polar surface area (TPSA) is 81.8 Å². The Morgan fingerprint density at radius 3 is 2.62 bits per heavy atom. The predicted octanol–water partition coefficient (Wildman–Crippen LogP) is 0.817. The van der Waals surface area contributed by atoms with Crippen molar-refractivity contribution in [2.75, 3.05) is 30.4 Å². The summed E-state index contributed by atoms with van der Waals surface area (Å²) in [6.45, 7) is 5.60. The van der Waals surface area contributed by atoms with Gasteiger partial charge in [0.25, 0.3) is 0 Å². The van der Waals surface area contributed by atoms with E-state index in [1.807, 2.05) is 19.9 Å². The second-order valence-electron chi connectivity index (χ2n) is 6.30. The van der Waals surface area contributed by atoms with Crippen LogP contribution in [-0.4, -0.2) is 54.8 Å². The monoisotopic (exact) mass is 332 g/mol. The highest BCUT2D eigenvalue weighted by Crippen LogP contribution is 2.29. The molecule has 0 unspecified atom stereocenters. The molecule has 24 heavy (non-hydrogen) atoms. The second-order valence-corrected chi connectivity index (χ2v) is 6.30. The highest BCUT2D eigenvalue weighted by molar-refractivity contribution is 6.11. The lowest BCUT2D eigenvalue weighted by atomic mass is 10.1. The molecule has 1 aliphatic heterocycles. The standard InChI is InChI=1S/C17H24N4O3/c1-11(2)18-15(22)9-20(4)12(3)17(24)21-10-16(23)19-13-7-5-6-8-14(13)21/h5-8,11-12H,9-10H2,1-4H3,(H,18,22)(H,19,23)/t12-/m1/s1. The van der Waals surface area contributed by atoms with Crippen LogP contribution in [0.5, 0.6) is 0 Å². The fraction of sp³-hybridized carbons (Fsp3) is 0.471. The highest BCUT2D eigenvalue weighted by Gasteiger charge is 2.31. The minimum absolute atomic E-state index is 0.0216. The number of nitrogens with one attached hydrogen (secondary N) is 2. The molecule has 1 aliphatic rings. The van der Waals surface area contributed by atoms with E-state index in [0.29, 0.717) is 11.4 Å². The van der Waals surface area contributed by atoms with E-state index in [9.17, 15) is 14.4 Å². The van der Waals surface area contributed by atoms with Crippen molar-refractivity contribution in [3.8, 4) is 0 Å². The van der Waals surface area contributed by atoms with Crippen LogP contribution in [0.3, 0.4) is 0 Å². The number of anilines is 2. The first-order valence-corrected chi connectivity index (χ1v) is 7.99. The molecule has 0 spiro atoms. The summed E-state index contributed by atoms with van der Waals surface area (Å²) in [7, 11) is 1.72. The molecule has 0 bridgehead atoms. The molecule has 0 aliphatic carbocycles. The predicted molar refractivity (Wildman–Crippen MR) is 92.8 cm³/mol. The van der Waals surface area contributed by atoms with Gasteiger partial charge in [0, 0.05) is 6.04 Å². The van der Waals surface area contributed by atoms with Gasteiger partial charge in [0.1, 0.15) is 6.54 Å². The zero-order valence-electron chi connectivity index (χ0n) is 14.5. The molecule has 0 saturated heterocycles. The summed E-state index contributed by atoms with van der Waals surface area (Å²) < 4.78 is 0. The van der Waals surface area contributed by atoms with Crippen LogP contribution in [0, 0.1) is 0 Å². The van der Waals surface area contributed by atoms with E-state index in [0.717, 1.165) is 0 Å². The molecule has 1 atom stereocenters. The zero-order chi connectivity index (χ0) is 17.9. The number of nitrogens with zero attached hydrogens (tertiary/aromatic N) is 2. The molecular formula is C17H24N4O3. The van der Waals surface area contributed by atoms with E-state index in [2.05, 4.69) is 10.6 Å². The Labute approximate surface area is 142 Å². The van der Waals surface area contributed by atoms with Gasteiger partial charge in [0.2, 0.25) is 17.7 Å². The number of likely N-dealkylation sites (N-methyl/N-ethyl adjacent to an activating group) is 1. The Morgan fingerprint density at radius 2 is 1.96 bits per heavy atom. The van der Waals surface area contributed by atoms with Gasteiger partial charge < -0.3 is 10.6 Å². The van der Waals surface area contributed by atoms with Crippen molar-refractivity contribution in [3.63, 3.8) is 0 Å². The van der Waals surface area contributed by atoms with E-state index in [-0.39, 0.29) is 36.9 Å². The molecule has 0 fully saturated rings. The number of hydrogen-bond donors (Lipinski definition) is 2. The first-order chi connectivity index (χ1) is 11.3. The number of fused-ring (bicyclic) bond motifs is 1. The molecular weight excluding hydrogens is 308 g/mol. The summed E-state index contributed by atoms with van der Waals surface area (Å²) in [5, 5.41) is 5.56. The number of amides is 3. The van der Waals surface area contributed by atoms with Gasteiger partial charge in [0.05, 0.1) is 24.0 Å². The Hall–Kier alpha value is -2.41. The molecule has 1 aromatic carbocycles. The van der Waals surface area contributed by atoms with Crippen molar-refractivity contribution >= 4 is 29.1 Å². The van der Waals surface area contributed by atoms with Crippen LogP contribution in [0.15, 0.2) is 24.3 Å². The third-order valence-corrected chi connectivity index (χ3v) is 3.90. The lowest BCUT2D eigenvalue weighted by Gasteiger charge is -2.33. The fourth-order valence-electron chi connectivity index (χ4n) is 2.57. The Kier molecular flexibility index (Phi) is 5.56. The SMILES string of the molecule is CC(C)NC(=O)CN(C)[C@H](C)C(=O)N1CC(=O)Nc2ccccc21. The maximum absolute atomic E-state index is 12.8. The largest absolute Gasteiger partial charge is 0.353 e. The molecule has 0 radical (unpaired) electrons. The minimum atomic E-state index is -0.526. The summed E-state index contributed by atoms with van der Waals surface area (Å²) in [4.78, 5) is 39.7.